The van der Waals surface area contributed by atoms with Gasteiger partial charge in [0.05, 0.1) is 0 Å². The number of carbonyl (C=O) groups is 1. The highest BCUT2D eigenvalue weighted by atomic mass is 16.4. The van der Waals surface area contributed by atoms with Crippen molar-refractivity contribution >= 4 is 12.4 Å². The van der Waals surface area contributed by atoms with Crippen molar-refractivity contribution in [3.8, 4) is 0 Å². The zero-order chi connectivity index (χ0) is 12.8. The average Bonchev–Trinajstić information content (AvgIpc) is 2.30. The van der Waals surface area contributed by atoms with E-state index in [4.69, 9.17) is 5.11 Å². The third kappa shape index (κ3) is 14.9. The van der Waals surface area contributed by atoms with Crippen molar-refractivity contribution in [2.24, 2.45) is 0 Å². The maximum Gasteiger partial charge on any atom is 0.404 e. The number of hydrogen-bond donors (Lipinski definition) is 2. The third-order valence-corrected chi connectivity index (χ3v) is 2.73. The molecule has 0 aromatic carbocycles. The Balaban J connectivity index is 2.94. The lowest BCUT2D eigenvalue weighted by molar-refractivity contribution is 0.194. The zero-order valence-corrected chi connectivity index (χ0v) is 10.5. The van der Waals surface area contributed by atoms with Crippen molar-refractivity contribution in [2.45, 2.75) is 64.2 Å². The average molecular weight is 242 g/mol. The molecule has 4 nitrogen and oxygen atoms in total. The van der Waals surface area contributed by atoms with Crippen LogP contribution in [0.25, 0.3) is 0 Å². The summed E-state index contributed by atoms with van der Waals surface area (Å²) in [5, 5.41) is 10.7. The second kappa shape index (κ2) is 13.0. The van der Waals surface area contributed by atoms with Crippen LogP contribution in [0.5, 0.6) is 0 Å². The number of amides is 1. The molecule has 0 bridgehead atoms. The summed E-state index contributed by atoms with van der Waals surface area (Å²) in [7, 11) is 0. The van der Waals surface area contributed by atoms with E-state index in [9.17, 15) is 9.59 Å². The molecule has 0 fully saturated rings. The normalized spacial score (nSPS) is 10.1. The largest absolute Gasteiger partial charge is 0.465 e. The zero-order valence-electron chi connectivity index (χ0n) is 10.5. The van der Waals surface area contributed by atoms with Gasteiger partial charge in [-0.1, -0.05) is 44.9 Å². The molecule has 0 rings (SSSR count). The highest BCUT2D eigenvalue weighted by molar-refractivity contribution is 5.64. The van der Waals surface area contributed by atoms with Crippen LogP contribution in [0.3, 0.4) is 0 Å². The predicted octanol–water partition coefficient (Wildman–Crippen LogP) is 3.26. The van der Waals surface area contributed by atoms with Gasteiger partial charge in [0, 0.05) is 13.0 Å². The van der Waals surface area contributed by atoms with E-state index in [0.29, 0.717) is 13.0 Å². The molecule has 4 heteroatoms. The van der Waals surface area contributed by atoms with Gasteiger partial charge < -0.3 is 10.4 Å². The Morgan fingerprint density at radius 1 is 0.882 bits per heavy atom. The molecule has 99 valence electrons. The Kier molecular flexibility index (Phi) is 12.2. The van der Waals surface area contributed by atoms with Crippen LogP contribution in [0.4, 0.5) is 4.79 Å². The van der Waals surface area contributed by atoms with Gasteiger partial charge in [-0.3, -0.25) is 4.79 Å². The van der Waals surface area contributed by atoms with E-state index in [2.05, 4.69) is 5.32 Å². The van der Waals surface area contributed by atoms with Crippen molar-refractivity contribution in [2.75, 3.05) is 6.54 Å². The molecule has 0 aliphatic heterocycles. The van der Waals surface area contributed by atoms with Gasteiger partial charge in [0.25, 0.3) is 0 Å². The quantitative estimate of drug-likeness (QED) is 0.516. The molecule has 17 heavy (non-hydrogen) atoms. The van der Waals surface area contributed by atoms with Crippen molar-refractivity contribution in [3.05, 3.63) is 0 Å². The highest BCUT2D eigenvalue weighted by Gasteiger charge is 1.94. The predicted molar refractivity (Wildman–Crippen MR) is 67.9 cm³/mol. The van der Waals surface area contributed by atoms with Gasteiger partial charge in [0.2, 0.25) is 0 Å². The lowest BCUT2D eigenvalue weighted by atomic mass is 10.1. The summed E-state index contributed by atoms with van der Waals surface area (Å²) in [6.07, 6.45) is 11.8. The smallest absolute Gasteiger partial charge is 0.404 e. The monoisotopic (exact) mass is 242 g/mol. The lowest BCUT2D eigenvalue weighted by Crippen LogP contribution is -2.21. The van der Waals surface area contributed by atoms with Crippen molar-refractivity contribution in [1.29, 1.82) is 0 Å². The Labute approximate surface area is 104 Å². The van der Waals surface area contributed by atoms with Gasteiger partial charge in [-0.25, -0.2) is 4.79 Å². The van der Waals surface area contributed by atoms with E-state index in [1.54, 1.807) is 0 Å². The van der Waals surface area contributed by atoms with Crippen molar-refractivity contribution in [1.82, 2.24) is 5.32 Å². The van der Waals surface area contributed by atoms with Crippen LogP contribution < -0.4 is 5.32 Å². The maximum absolute atomic E-state index is 10.1. The third-order valence-electron chi connectivity index (χ3n) is 2.73. The summed E-state index contributed by atoms with van der Waals surface area (Å²) in [4.78, 5) is 20.1. The molecule has 0 aromatic heterocycles. The fourth-order valence-corrected chi connectivity index (χ4v) is 1.75. The molecule has 1 amide bonds. The second-order valence-electron chi connectivity index (χ2n) is 4.31. The van der Waals surface area contributed by atoms with Crippen LogP contribution in [-0.4, -0.2) is 24.0 Å². The van der Waals surface area contributed by atoms with E-state index in [1.165, 1.54) is 32.1 Å². The summed E-state index contributed by atoms with van der Waals surface area (Å²) in [5.74, 6) is 0. The first-order chi connectivity index (χ1) is 8.27. The number of carbonyl (C=O) groups excluding carboxylic acids is 1. The molecule has 0 atom stereocenters. The van der Waals surface area contributed by atoms with Crippen molar-refractivity contribution < 1.29 is 14.7 Å². The molecule has 0 aromatic rings. The van der Waals surface area contributed by atoms with Gasteiger partial charge in [-0.2, -0.15) is 0 Å². The number of carboxylic acid groups (broad SMARTS) is 1. The van der Waals surface area contributed by atoms with Gasteiger partial charge in [-0.15, -0.1) is 0 Å². The van der Waals surface area contributed by atoms with Gasteiger partial charge in [0.1, 0.15) is 0 Å². The van der Waals surface area contributed by atoms with Gasteiger partial charge in [-0.05, 0) is 12.8 Å². The minimum absolute atomic E-state index is 0.567. The molecular formula is C13H24NO3. The topological polar surface area (TPSA) is 66.4 Å². The Morgan fingerprint density at radius 3 is 1.82 bits per heavy atom. The first-order valence-corrected chi connectivity index (χ1v) is 6.59. The molecule has 2 N–H and O–H groups in total. The first kappa shape index (κ1) is 15.9. The summed E-state index contributed by atoms with van der Waals surface area (Å²) in [6.45, 7) is 0.567. The van der Waals surface area contributed by atoms with E-state index < -0.39 is 6.09 Å². The number of unbranched alkanes of at least 4 members (excludes halogenated alkanes) is 9. The number of rotatable bonds is 12. The van der Waals surface area contributed by atoms with Gasteiger partial charge in [0.15, 0.2) is 6.29 Å². The van der Waals surface area contributed by atoms with E-state index in [1.807, 2.05) is 6.29 Å². The minimum atomic E-state index is -0.933. The number of hydrogen-bond acceptors (Lipinski definition) is 2. The Morgan fingerprint density at radius 2 is 1.35 bits per heavy atom. The van der Waals surface area contributed by atoms with Crippen LogP contribution in [-0.2, 0) is 4.79 Å². The Hall–Kier alpha value is -1.06. The van der Waals surface area contributed by atoms with Crippen LogP contribution in [0, 0.1) is 0 Å². The molecule has 0 saturated heterocycles. The fraction of sp³-hybridized carbons (Fsp3) is 0.846. The van der Waals surface area contributed by atoms with E-state index in [-0.39, 0.29) is 0 Å². The van der Waals surface area contributed by atoms with E-state index >= 15 is 0 Å². The van der Waals surface area contributed by atoms with Crippen molar-refractivity contribution in [3.63, 3.8) is 0 Å². The molecule has 0 aliphatic carbocycles. The first-order valence-electron chi connectivity index (χ1n) is 6.59. The molecule has 0 unspecified atom stereocenters. The number of nitrogens with one attached hydrogen (secondary N) is 1. The van der Waals surface area contributed by atoms with Gasteiger partial charge >= 0.3 is 6.09 Å². The summed E-state index contributed by atoms with van der Waals surface area (Å²) >= 11 is 0. The second-order valence-corrected chi connectivity index (χ2v) is 4.31. The molecule has 0 aliphatic rings. The fourth-order valence-electron chi connectivity index (χ4n) is 1.75. The standard InChI is InChI=1S/C13H24NO3/c15-12-10-8-6-4-2-1-3-5-7-9-11-14-13(16)17/h14H,1-11H2,(H,16,17). The maximum atomic E-state index is 10.1. The van der Waals surface area contributed by atoms with Crippen LogP contribution in [0.2, 0.25) is 0 Å². The highest BCUT2D eigenvalue weighted by Crippen LogP contribution is 2.09. The van der Waals surface area contributed by atoms with Crippen LogP contribution >= 0.6 is 0 Å². The van der Waals surface area contributed by atoms with Crippen LogP contribution in [0.1, 0.15) is 64.2 Å². The molecule has 1 radical (unpaired) electrons. The van der Waals surface area contributed by atoms with E-state index in [0.717, 1.165) is 25.7 Å². The molecule has 0 heterocycles. The molecule has 0 saturated carbocycles. The minimum Gasteiger partial charge on any atom is -0.465 e. The summed E-state index contributed by atoms with van der Waals surface area (Å²) < 4.78 is 0. The van der Waals surface area contributed by atoms with Crippen LogP contribution in [0.15, 0.2) is 0 Å². The summed E-state index contributed by atoms with van der Waals surface area (Å²) in [5.41, 5.74) is 0. The lowest BCUT2D eigenvalue weighted by Gasteiger charge is -2.02. The summed E-state index contributed by atoms with van der Waals surface area (Å²) in [6, 6.07) is 0. The molecule has 0 spiro atoms. The molecular weight excluding hydrogens is 218 g/mol. The SMILES string of the molecule is O=[C]CCCCCCCCCCCNC(=O)O. The Bertz CT molecular complexity index is 195.